The Balaban J connectivity index is 1.64. The summed E-state index contributed by atoms with van der Waals surface area (Å²) in [4.78, 5) is 0. The predicted octanol–water partition coefficient (Wildman–Crippen LogP) is 7.94. The fourth-order valence-corrected chi connectivity index (χ4v) is 3.81. The van der Waals surface area contributed by atoms with Crippen LogP contribution in [0.2, 0.25) is 0 Å². The monoisotopic (exact) mass is 410 g/mol. The molecule has 158 valence electrons. The second-order valence-electron chi connectivity index (χ2n) is 8.16. The zero-order chi connectivity index (χ0) is 21.6. The van der Waals surface area contributed by atoms with Gasteiger partial charge in [-0.15, -0.1) is 0 Å². The largest absolute Gasteiger partial charge is 0.454 e. The molecule has 0 fully saturated rings. The smallest absolute Gasteiger partial charge is 0.247 e. The lowest BCUT2D eigenvalue weighted by atomic mass is 9.98. The van der Waals surface area contributed by atoms with Crippen molar-refractivity contribution in [3.8, 4) is 11.5 Å². The maximum absolute atomic E-state index is 6.52. The SMILES string of the molecule is CCC(C)c1ccc(OC(Oc2cccc3ccccc23)C(C)c2ccccc2)cc1. The third kappa shape index (κ3) is 4.91. The van der Waals surface area contributed by atoms with Gasteiger partial charge in [-0.05, 0) is 47.1 Å². The van der Waals surface area contributed by atoms with Gasteiger partial charge in [0, 0.05) is 5.39 Å². The highest BCUT2D eigenvalue weighted by molar-refractivity contribution is 5.88. The van der Waals surface area contributed by atoms with Gasteiger partial charge >= 0.3 is 0 Å². The Morgan fingerprint density at radius 2 is 1.32 bits per heavy atom. The second-order valence-corrected chi connectivity index (χ2v) is 8.16. The maximum atomic E-state index is 6.52. The van der Waals surface area contributed by atoms with Gasteiger partial charge in [0.15, 0.2) is 0 Å². The van der Waals surface area contributed by atoms with Gasteiger partial charge < -0.3 is 9.47 Å². The summed E-state index contributed by atoms with van der Waals surface area (Å²) in [6.07, 6.45) is 0.667. The van der Waals surface area contributed by atoms with E-state index in [0.29, 0.717) is 5.92 Å². The summed E-state index contributed by atoms with van der Waals surface area (Å²) in [5, 5.41) is 2.25. The van der Waals surface area contributed by atoms with E-state index in [1.54, 1.807) is 0 Å². The summed E-state index contributed by atoms with van der Waals surface area (Å²) < 4.78 is 13.0. The number of fused-ring (bicyclic) bond motifs is 1. The van der Waals surface area contributed by atoms with Crippen molar-refractivity contribution in [2.45, 2.75) is 45.3 Å². The van der Waals surface area contributed by atoms with Gasteiger partial charge in [-0.25, -0.2) is 0 Å². The third-order valence-electron chi connectivity index (χ3n) is 6.04. The summed E-state index contributed by atoms with van der Waals surface area (Å²) in [5.74, 6) is 2.25. The van der Waals surface area contributed by atoms with Crippen molar-refractivity contribution in [2.75, 3.05) is 0 Å². The first-order valence-corrected chi connectivity index (χ1v) is 11.1. The molecule has 31 heavy (non-hydrogen) atoms. The standard InChI is InChI=1S/C29H30O2/c1-4-21(2)23-17-19-26(20-18-23)30-29(22(3)24-11-6-5-7-12-24)31-28-16-10-14-25-13-8-9-15-27(25)28/h5-22,29H,4H2,1-3H3. The maximum Gasteiger partial charge on any atom is 0.247 e. The Kier molecular flexibility index (Phi) is 6.57. The molecule has 0 aliphatic heterocycles. The Morgan fingerprint density at radius 3 is 2.06 bits per heavy atom. The summed E-state index contributed by atoms with van der Waals surface area (Å²) in [7, 11) is 0. The highest BCUT2D eigenvalue weighted by Gasteiger charge is 2.24. The molecule has 4 aromatic carbocycles. The molecule has 3 unspecified atom stereocenters. The normalized spacial score (nSPS) is 14.0. The predicted molar refractivity (Wildman–Crippen MR) is 129 cm³/mol. The van der Waals surface area contributed by atoms with E-state index in [-0.39, 0.29) is 5.92 Å². The van der Waals surface area contributed by atoms with Crippen molar-refractivity contribution in [3.05, 3.63) is 108 Å². The van der Waals surface area contributed by atoms with E-state index in [4.69, 9.17) is 9.47 Å². The fraction of sp³-hybridized carbons (Fsp3) is 0.241. The Hall–Kier alpha value is -3.26. The fourth-order valence-electron chi connectivity index (χ4n) is 3.81. The first-order valence-electron chi connectivity index (χ1n) is 11.1. The van der Waals surface area contributed by atoms with Gasteiger partial charge in [-0.2, -0.15) is 0 Å². The minimum Gasteiger partial charge on any atom is -0.454 e. The minimum absolute atomic E-state index is 0.0504. The van der Waals surface area contributed by atoms with Crippen molar-refractivity contribution in [2.24, 2.45) is 0 Å². The van der Waals surface area contributed by atoms with Crippen molar-refractivity contribution >= 4 is 10.8 Å². The first kappa shape index (κ1) is 21.0. The molecule has 0 radical (unpaired) electrons. The lowest BCUT2D eigenvalue weighted by Gasteiger charge is -2.27. The van der Waals surface area contributed by atoms with Gasteiger partial charge in [0.05, 0.1) is 5.92 Å². The third-order valence-corrected chi connectivity index (χ3v) is 6.04. The van der Waals surface area contributed by atoms with Crippen LogP contribution in [0.1, 0.15) is 50.2 Å². The molecule has 0 aliphatic rings. The van der Waals surface area contributed by atoms with E-state index in [0.717, 1.165) is 28.7 Å². The van der Waals surface area contributed by atoms with E-state index in [1.165, 1.54) is 11.1 Å². The van der Waals surface area contributed by atoms with Gasteiger partial charge in [0.25, 0.3) is 0 Å². The molecular formula is C29H30O2. The van der Waals surface area contributed by atoms with E-state index in [1.807, 2.05) is 30.3 Å². The molecule has 0 aliphatic carbocycles. The van der Waals surface area contributed by atoms with Crippen LogP contribution in [-0.4, -0.2) is 6.29 Å². The van der Waals surface area contributed by atoms with E-state index < -0.39 is 6.29 Å². The number of hydrogen-bond donors (Lipinski definition) is 0. The molecule has 0 amide bonds. The van der Waals surface area contributed by atoms with Gasteiger partial charge in [-0.3, -0.25) is 0 Å². The van der Waals surface area contributed by atoms with Crippen LogP contribution in [0.5, 0.6) is 11.5 Å². The van der Waals surface area contributed by atoms with Crippen LogP contribution >= 0.6 is 0 Å². The van der Waals surface area contributed by atoms with Crippen LogP contribution in [0.3, 0.4) is 0 Å². The van der Waals surface area contributed by atoms with Crippen LogP contribution in [-0.2, 0) is 0 Å². The average Bonchev–Trinajstić information content (AvgIpc) is 2.84. The Labute approximate surface area is 185 Å². The lowest BCUT2D eigenvalue weighted by Crippen LogP contribution is -2.30. The van der Waals surface area contributed by atoms with Crippen molar-refractivity contribution in [1.82, 2.24) is 0 Å². The van der Waals surface area contributed by atoms with E-state index >= 15 is 0 Å². The molecule has 0 saturated heterocycles. The number of rotatable bonds is 8. The van der Waals surface area contributed by atoms with Gasteiger partial charge in [0.2, 0.25) is 6.29 Å². The highest BCUT2D eigenvalue weighted by Crippen LogP contribution is 2.31. The van der Waals surface area contributed by atoms with Gasteiger partial charge in [-0.1, -0.05) is 99.6 Å². The molecule has 3 atom stereocenters. The molecule has 0 N–H and O–H groups in total. The number of ether oxygens (including phenoxy) is 2. The van der Waals surface area contributed by atoms with Crippen LogP contribution in [0, 0.1) is 0 Å². The van der Waals surface area contributed by atoms with Gasteiger partial charge in [0.1, 0.15) is 11.5 Å². The molecular weight excluding hydrogens is 380 g/mol. The number of benzene rings is 4. The topological polar surface area (TPSA) is 18.5 Å². The molecule has 4 aromatic rings. The molecule has 0 heterocycles. The second kappa shape index (κ2) is 9.70. The van der Waals surface area contributed by atoms with Crippen LogP contribution < -0.4 is 9.47 Å². The van der Waals surface area contributed by atoms with Crippen molar-refractivity contribution < 1.29 is 9.47 Å². The minimum atomic E-state index is -0.456. The molecule has 0 saturated carbocycles. The first-order chi connectivity index (χ1) is 15.2. The summed E-state index contributed by atoms with van der Waals surface area (Å²) >= 11 is 0. The average molecular weight is 411 g/mol. The summed E-state index contributed by atoms with van der Waals surface area (Å²) in [5.41, 5.74) is 2.52. The number of hydrogen-bond acceptors (Lipinski definition) is 2. The van der Waals surface area contributed by atoms with Crippen LogP contribution in [0.15, 0.2) is 97.1 Å². The molecule has 0 spiro atoms. The van der Waals surface area contributed by atoms with Crippen molar-refractivity contribution in [1.29, 1.82) is 0 Å². The Bertz CT molecular complexity index is 1100. The zero-order valence-electron chi connectivity index (χ0n) is 18.5. The summed E-state index contributed by atoms with van der Waals surface area (Å²) in [6, 6.07) is 33.3. The van der Waals surface area contributed by atoms with Crippen LogP contribution in [0.4, 0.5) is 0 Å². The lowest BCUT2D eigenvalue weighted by molar-refractivity contribution is -0.0110. The highest BCUT2D eigenvalue weighted by atomic mass is 16.7. The van der Waals surface area contributed by atoms with E-state index in [9.17, 15) is 0 Å². The molecule has 0 aromatic heterocycles. The molecule has 0 bridgehead atoms. The van der Waals surface area contributed by atoms with Crippen molar-refractivity contribution in [3.63, 3.8) is 0 Å². The molecule has 2 heteroatoms. The Morgan fingerprint density at radius 1 is 0.645 bits per heavy atom. The molecule has 4 rings (SSSR count). The molecule has 2 nitrogen and oxygen atoms in total. The zero-order valence-corrected chi connectivity index (χ0v) is 18.5. The quantitative estimate of drug-likeness (QED) is 0.274. The van der Waals surface area contributed by atoms with Crippen LogP contribution in [0.25, 0.3) is 10.8 Å². The summed E-state index contributed by atoms with van der Waals surface area (Å²) in [6.45, 7) is 6.61. The van der Waals surface area contributed by atoms with E-state index in [2.05, 4.69) is 87.5 Å².